The zero-order valence-electron chi connectivity index (χ0n) is 11.2. The van der Waals surface area contributed by atoms with Crippen molar-refractivity contribution in [3.63, 3.8) is 0 Å². The lowest BCUT2D eigenvalue weighted by Crippen LogP contribution is -2.39. The molecule has 1 atom stereocenters. The predicted molar refractivity (Wildman–Crippen MR) is 66.0 cm³/mol. The van der Waals surface area contributed by atoms with Crippen molar-refractivity contribution < 1.29 is 19.0 Å². The maximum Gasteiger partial charge on any atom is 0.323 e. The molecule has 5 heteroatoms. The van der Waals surface area contributed by atoms with E-state index >= 15 is 0 Å². The molecule has 0 aromatic carbocycles. The second-order valence-corrected chi connectivity index (χ2v) is 3.46. The largest absolute Gasteiger partial charge is 0.465 e. The fourth-order valence-electron chi connectivity index (χ4n) is 1.36. The average molecular weight is 247 g/mol. The van der Waals surface area contributed by atoms with Crippen molar-refractivity contribution in [1.82, 2.24) is 5.32 Å². The van der Waals surface area contributed by atoms with Crippen LogP contribution < -0.4 is 5.32 Å². The van der Waals surface area contributed by atoms with Gasteiger partial charge in [0.2, 0.25) is 0 Å². The van der Waals surface area contributed by atoms with Crippen LogP contribution in [-0.2, 0) is 19.0 Å². The Kier molecular flexibility index (Phi) is 11.4. The van der Waals surface area contributed by atoms with E-state index in [9.17, 15) is 4.79 Å². The summed E-state index contributed by atoms with van der Waals surface area (Å²) in [6.07, 6.45) is 0.624. The molecule has 0 rings (SSSR count). The highest BCUT2D eigenvalue weighted by Crippen LogP contribution is 1.97. The Balaban J connectivity index is 3.65. The number of ether oxygens (including phenoxy) is 3. The van der Waals surface area contributed by atoms with E-state index in [0.29, 0.717) is 39.5 Å². The molecule has 0 saturated heterocycles. The molecule has 0 aliphatic carbocycles. The van der Waals surface area contributed by atoms with Gasteiger partial charge in [-0.15, -0.1) is 0 Å². The maximum atomic E-state index is 11.5. The van der Waals surface area contributed by atoms with Gasteiger partial charge in [0, 0.05) is 13.2 Å². The topological polar surface area (TPSA) is 56.8 Å². The number of hydrogen-bond donors (Lipinski definition) is 1. The first-order valence-electron chi connectivity index (χ1n) is 6.31. The van der Waals surface area contributed by atoms with Crippen LogP contribution in [0.3, 0.4) is 0 Å². The Morgan fingerprint density at radius 2 is 1.76 bits per heavy atom. The zero-order chi connectivity index (χ0) is 12.9. The average Bonchev–Trinajstić information content (AvgIpc) is 2.32. The van der Waals surface area contributed by atoms with Gasteiger partial charge in [-0.1, -0.05) is 6.92 Å². The fraction of sp³-hybridized carbons (Fsp3) is 0.917. The minimum absolute atomic E-state index is 0.206. The third-order valence-corrected chi connectivity index (χ3v) is 2.15. The van der Waals surface area contributed by atoms with Crippen LogP contribution in [0.5, 0.6) is 0 Å². The number of hydrogen-bond acceptors (Lipinski definition) is 5. The summed E-state index contributed by atoms with van der Waals surface area (Å²) in [5, 5.41) is 3.08. The monoisotopic (exact) mass is 247 g/mol. The van der Waals surface area contributed by atoms with Crippen molar-refractivity contribution in [2.45, 2.75) is 33.2 Å². The molecule has 0 saturated carbocycles. The van der Waals surface area contributed by atoms with E-state index in [4.69, 9.17) is 14.2 Å². The van der Waals surface area contributed by atoms with Crippen LogP contribution in [0, 0.1) is 0 Å². The van der Waals surface area contributed by atoms with Crippen molar-refractivity contribution >= 4 is 5.97 Å². The number of esters is 1. The van der Waals surface area contributed by atoms with E-state index in [2.05, 4.69) is 5.32 Å². The Labute approximate surface area is 104 Å². The van der Waals surface area contributed by atoms with Gasteiger partial charge in [0.15, 0.2) is 0 Å². The van der Waals surface area contributed by atoms with E-state index in [1.165, 1.54) is 0 Å². The Hall–Kier alpha value is -0.650. The molecule has 0 heterocycles. The molecule has 17 heavy (non-hydrogen) atoms. The summed E-state index contributed by atoms with van der Waals surface area (Å²) in [6.45, 7) is 9.25. The first kappa shape index (κ1) is 16.4. The third-order valence-electron chi connectivity index (χ3n) is 2.15. The molecule has 1 unspecified atom stereocenters. The highest BCUT2D eigenvalue weighted by molar-refractivity contribution is 5.75. The SMILES string of the molecule is CCNC(CCOCCOCC)C(=O)OCC. The van der Waals surface area contributed by atoms with Gasteiger partial charge in [-0.3, -0.25) is 4.79 Å². The minimum Gasteiger partial charge on any atom is -0.465 e. The summed E-state index contributed by atoms with van der Waals surface area (Å²) >= 11 is 0. The van der Waals surface area contributed by atoms with Crippen molar-refractivity contribution in [2.24, 2.45) is 0 Å². The van der Waals surface area contributed by atoms with Gasteiger partial charge in [0.05, 0.1) is 19.8 Å². The summed E-state index contributed by atoms with van der Waals surface area (Å²) < 4.78 is 15.5. The maximum absolute atomic E-state index is 11.5. The number of likely N-dealkylation sites (N-methyl/N-ethyl adjacent to an activating group) is 1. The van der Waals surface area contributed by atoms with Crippen molar-refractivity contribution in [3.8, 4) is 0 Å². The smallest absolute Gasteiger partial charge is 0.323 e. The van der Waals surface area contributed by atoms with Crippen LogP contribution in [0.2, 0.25) is 0 Å². The summed E-state index contributed by atoms with van der Waals surface area (Å²) in [5.74, 6) is -0.206. The van der Waals surface area contributed by atoms with Crippen molar-refractivity contribution in [2.75, 3.05) is 39.6 Å². The molecule has 0 aliphatic heterocycles. The fourth-order valence-corrected chi connectivity index (χ4v) is 1.36. The predicted octanol–water partition coefficient (Wildman–Crippen LogP) is 0.971. The molecule has 0 bridgehead atoms. The lowest BCUT2D eigenvalue weighted by Gasteiger charge is -2.16. The molecular formula is C12H25NO4. The number of carbonyl (C=O) groups is 1. The van der Waals surface area contributed by atoms with Gasteiger partial charge in [-0.05, 0) is 26.8 Å². The van der Waals surface area contributed by atoms with Gasteiger partial charge in [0.1, 0.15) is 6.04 Å². The van der Waals surface area contributed by atoms with Crippen LogP contribution in [0.1, 0.15) is 27.2 Å². The standard InChI is InChI=1S/C12H25NO4/c1-4-13-11(12(14)17-6-3)7-8-16-10-9-15-5-2/h11,13H,4-10H2,1-3H3. The molecule has 5 nitrogen and oxygen atoms in total. The molecular weight excluding hydrogens is 222 g/mol. The summed E-state index contributed by atoms with van der Waals surface area (Å²) in [4.78, 5) is 11.5. The second kappa shape index (κ2) is 11.8. The van der Waals surface area contributed by atoms with Crippen LogP contribution in [-0.4, -0.2) is 51.6 Å². The first-order chi connectivity index (χ1) is 8.26. The van der Waals surface area contributed by atoms with E-state index in [1.54, 1.807) is 6.92 Å². The number of carbonyl (C=O) groups excluding carboxylic acids is 1. The van der Waals surface area contributed by atoms with Gasteiger partial charge in [0.25, 0.3) is 0 Å². The summed E-state index contributed by atoms with van der Waals surface area (Å²) in [5.41, 5.74) is 0. The van der Waals surface area contributed by atoms with E-state index < -0.39 is 0 Å². The van der Waals surface area contributed by atoms with Gasteiger partial charge in [-0.25, -0.2) is 0 Å². The Morgan fingerprint density at radius 1 is 1.06 bits per heavy atom. The minimum atomic E-state index is -0.271. The highest BCUT2D eigenvalue weighted by Gasteiger charge is 2.17. The van der Waals surface area contributed by atoms with Crippen LogP contribution in [0.25, 0.3) is 0 Å². The van der Waals surface area contributed by atoms with Gasteiger partial charge < -0.3 is 19.5 Å². The molecule has 0 aromatic heterocycles. The van der Waals surface area contributed by atoms with Crippen LogP contribution in [0.15, 0.2) is 0 Å². The van der Waals surface area contributed by atoms with Crippen LogP contribution >= 0.6 is 0 Å². The molecule has 0 aromatic rings. The second-order valence-electron chi connectivity index (χ2n) is 3.46. The molecule has 0 spiro atoms. The van der Waals surface area contributed by atoms with E-state index in [1.807, 2.05) is 13.8 Å². The Bertz CT molecular complexity index is 187. The van der Waals surface area contributed by atoms with Gasteiger partial charge in [-0.2, -0.15) is 0 Å². The van der Waals surface area contributed by atoms with Gasteiger partial charge >= 0.3 is 5.97 Å². The van der Waals surface area contributed by atoms with Crippen LogP contribution in [0.4, 0.5) is 0 Å². The molecule has 0 aliphatic rings. The van der Waals surface area contributed by atoms with E-state index in [0.717, 1.165) is 6.54 Å². The van der Waals surface area contributed by atoms with Crippen molar-refractivity contribution in [3.05, 3.63) is 0 Å². The molecule has 0 amide bonds. The Morgan fingerprint density at radius 3 is 2.35 bits per heavy atom. The first-order valence-corrected chi connectivity index (χ1v) is 6.31. The summed E-state index contributed by atoms with van der Waals surface area (Å²) in [6, 6.07) is -0.271. The quantitative estimate of drug-likeness (QED) is 0.435. The number of rotatable bonds is 11. The number of nitrogens with one attached hydrogen (secondary N) is 1. The van der Waals surface area contributed by atoms with E-state index in [-0.39, 0.29) is 12.0 Å². The lowest BCUT2D eigenvalue weighted by atomic mass is 10.2. The molecule has 102 valence electrons. The molecule has 0 radical (unpaired) electrons. The third kappa shape index (κ3) is 9.09. The highest BCUT2D eigenvalue weighted by atomic mass is 16.5. The molecule has 0 fully saturated rings. The molecule has 1 N–H and O–H groups in total. The zero-order valence-corrected chi connectivity index (χ0v) is 11.2. The lowest BCUT2D eigenvalue weighted by molar-refractivity contribution is -0.146. The normalized spacial score (nSPS) is 12.4. The summed E-state index contributed by atoms with van der Waals surface area (Å²) in [7, 11) is 0. The van der Waals surface area contributed by atoms with Crippen molar-refractivity contribution in [1.29, 1.82) is 0 Å².